The molecule has 0 radical (unpaired) electrons. The quantitative estimate of drug-likeness (QED) is 0.734. The van der Waals surface area contributed by atoms with Crippen molar-refractivity contribution in [2.24, 2.45) is 0 Å². The number of alkyl carbamates (subject to hydrolysis) is 1. The Labute approximate surface area is 173 Å². The Morgan fingerprint density at radius 2 is 1.90 bits per heavy atom. The first kappa shape index (κ1) is 22.7. The van der Waals surface area contributed by atoms with Gasteiger partial charge in [-0.25, -0.2) is 4.79 Å². The van der Waals surface area contributed by atoms with Crippen molar-refractivity contribution in [3.63, 3.8) is 0 Å². The van der Waals surface area contributed by atoms with E-state index in [0.717, 1.165) is 31.5 Å². The lowest BCUT2D eigenvalue weighted by Crippen LogP contribution is -2.53. The molecule has 0 bridgehead atoms. The van der Waals surface area contributed by atoms with Crippen LogP contribution in [0, 0.1) is 11.3 Å². The Kier molecular flexibility index (Phi) is 8.03. The summed E-state index contributed by atoms with van der Waals surface area (Å²) < 4.78 is 5.47. The number of benzene rings is 1. The van der Waals surface area contributed by atoms with Gasteiger partial charge in [0, 0.05) is 12.5 Å². The lowest BCUT2D eigenvalue weighted by atomic mass is 10.0. The molecular weight excluding hydrogens is 368 g/mol. The highest BCUT2D eigenvalue weighted by Gasteiger charge is 2.28. The van der Waals surface area contributed by atoms with Crippen LogP contribution in [0.4, 0.5) is 4.79 Å². The van der Waals surface area contributed by atoms with Crippen LogP contribution in [0.5, 0.6) is 0 Å². The van der Waals surface area contributed by atoms with Crippen molar-refractivity contribution in [1.29, 1.82) is 5.26 Å². The number of hydrogen-bond donors (Lipinski definition) is 2. The molecule has 0 unspecified atom stereocenters. The summed E-state index contributed by atoms with van der Waals surface area (Å²) in [5, 5.41) is 14.8. The van der Waals surface area contributed by atoms with Crippen LogP contribution < -0.4 is 10.6 Å². The third-order valence-electron chi connectivity index (χ3n) is 5.42. The molecule has 1 fully saturated rings. The van der Waals surface area contributed by atoms with E-state index in [1.54, 1.807) is 24.3 Å². The molecule has 0 aromatic heterocycles. The summed E-state index contributed by atoms with van der Waals surface area (Å²) in [6, 6.07) is 8.46. The summed E-state index contributed by atoms with van der Waals surface area (Å²) in [6.07, 6.45) is 2.17. The minimum absolute atomic E-state index is 0.104. The van der Waals surface area contributed by atoms with Crippen LogP contribution in [-0.2, 0) is 16.0 Å². The molecule has 0 saturated carbocycles. The molecule has 2 rings (SSSR count). The molecular formula is C22H32N4O3. The second-order valence-corrected chi connectivity index (χ2v) is 8.30. The number of likely N-dealkylation sites (tertiary alicyclic amines) is 1. The van der Waals surface area contributed by atoms with Crippen LogP contribution in [0.15, 0.2) is 24.3 Å². The molecule has 7 heteroatoms. The van der Waals surface area contributed by atoms with Crippen molar-refractivity contribution < 1.29 is 14.3 Å². The molecule has 158 valence electrons. The minimum Gasteiger partial charge on any atom is -0.444 e. The van der Waals surface area contributed by atoms with Gasteiger partial charge in [0.15, 0.2) is 0 Å². The second kappa shape index (κ2) is 10.3. The number of hydrogen-bond acceptors (Lipinski definition) is 5. The summed E-state index contributed by atoms with van der Waals surface area (Å²) >= 11 is 0. The van der Waals surface area contributed by atoms with E-state index in [0.29, 0.717) is 18.4 Å². The highest BCUT2D eigenvalue weighted by atomic mass is 16.6. The highest BCUT2D eigenvalue weighted by Crippen LogP contribution is 2.15. The summed E-state index contributed by atoms with van der Waals surface area (Å²) in [4.78, 5) is 27.6. The Morgan fingerprint density at radius 3 is 2.45 bits per heavy atom. The fraction of sp³-hybridized carbons (Fsp3) is 0.591. The molecule has 2 N–H and O–H groups in total. The van der Waals surface area contributed by atoms with Crippen LogP contribution in [0.2, 0.25) is 0 Å². The second-order valence-electron chi connectivity index (χ2n) is 8.30. The van der Waals surface area contributed by atoms with Gasteiger partial charge in [0.25, 0.3) is 0 Å². The number of rotatable bonds is 7. The van der Waals surface area contributed by atoms with Crippen LogP contribution in [0.1, 0.15) is 51.2 Å². The predicted octanol–water partition coefficient (Wildman–Crippen LogP) is 2.59. The Balaban J connectivity index is 2.07. The number of carbonyl (C=O) groups excluding carboxylic acids is 2. The zero-order chi connectivity index (χ0) is 21.4. The molecule has 7 nitrogen and oxygen atoms in total. The zero-order valence-corrected chi connectivity index (χ0v) is 17.8. The van der Waals surface area contributed by atoms with E-state index in [-0.39, 0.29) is 11.9 Å². The molecule has 0 aliphatic carbocycles. The Bertz CT molecular complexity index is 731. The fourth-order valence-corrected chi connectivity index (χ4v) is 3.11. The molecule has 1 atom stereocenters. The van der Waals surface area contributed by atoms with Gasteiger partial charge in [-0.15, -0.1) is 0 Å². The van der Waals surface area contributed by atoms with Crippen LogP contribution in [-0.4, -0.2) is 54.7 Å². The van der Waals surface area contributed by atoms with Gasteiger partial charge in [-0.3, -0.25) is 4.79 Å². The molecule has 1 aliphatic rings. The number of carbonyl (C=O) groups is 2. The lowest BCUT2D eigenvalue weighted by molar-refractivity contribution is -0.124. The van der Waals surface area contributed by atoms with Crippen molar-refractivity contribution >= 4 is 12.0 Å². The maximum atomic E-state index is 12.9. The average Bonchev–Trinajstić information content (AvgIpc) is 2.69. The van der Waals surface area contributed by atoms with Crippen molar-refractivity contribution in [2.45, 2.75) is 64.1 Å². The topological polar surface area (TPSA) is 94.5 Å². The van der Waals surface area contributed by atoms with Crippen LogP contribution >= 0.6 is 0 Å². The Morgan fingerprint density at radius 1 is 1.28 bits per heavy atom. The van der Waals surface area contributed by atoms with Crippen molar-refractivity contribution in [1.82, 2.24) is 15.5 Å². The fourth-order valence-electron chi connectivity index (χ4n) is 3.11. The van der Waals surface area contributed by atoms with E-state index in [1.807, 2.05) is 20.8 Å². The predicted molar refractivity (Wildman–Crippen MR) is 111 cm³/mol. The first-order valence-electron chi connectivity index (χ1n) is 10.2. The van der Waals surface area contributed by atoms with E-state index in [2.05, 4.69) is 28.7 Å². The SMILES string of the molecule is CCC(C)(C)OC(=O)N[C@H](Cc1ccc(C#N)cc1)C(=O)NC1CCN(C)CC1. The average molecular weight is 401 g/mol. The van der Waals surface area contributed by atoms with Crippen LogP contribution in [0.3, 0.4) is 0 Å². The van der Waals surface area contributed by atoms with Gasteiger partial charge in [-0.2, -0.15) is 5.26 Å². The number of piperidine rings is 1. The number of nitrogens with one attached hydrogen (secondary N) is 2. The third-order valence-corrected chi connectivity index (χ3v) is 5.42. The van der Waals surface area contributed by atoms with Gasteiger partial charge in [0.05, 0.1) is 11.6 Å². The molecule has 1 saturated heterocycles. The molecule has 29 heavy (non-hydrogen) atoms. The number of ether oxygens (including phenoxy) is 1. The number of nitrogens with zero attached hydrogens (tertiary/aromatic N) is 2. The maximum absolute atomic E-state index is 12.9. The molecule has 1 aromatic carbocycles. The largest absolute Gasteiger partial charge is 0.444 e. The highest BCUT2D eigenvalue weighted by molar-refractivity contribution is 5.86. The molecule has 1 aromatic rings. The first-order valence-corrected chi connectivity index (χ1v) is 10.2. The van der Waals surface area contributed by atoms with Crippen molar-refractivity contribution in [3.05, 3.63) is 35.4 Å². The summed E-state index contributed by atoms with van der Waals surface area (Å²) in [5.41, 5.74) is 0.814. The normalized spacial score (nSPS) is 16.5. The van der Waals surface area contributed by atoms with Crippen molar-refractivity contribution in [3.8, 4) is 6.07 Å². The van der Waals surface area contributed by atoms with Gasteiger partial charge in [0.1, 0.15) is 11.6 Å². The third kappa shape index (κ3) is 7.39. The first-order chi connectivity index (χ1) is 13.7. The van der Waals surface area contributed by atoms with Crippen molar-refractivity contribution in [2.75, 3.05) is 20.1 Å². The summed E-state index contributed by atoms with van der Waals surface area (Å²) in [6.45, 7) is 7.48. The monoisotopic (exact) mass is 400 g/mol. The van der Waals surface area contributed by atoms with E-state index >= 15 is 0 Å². The van der Waals surface area contributed by atoms with E-state index in [1.165, 1.54) is 0 Å². The van der Waals surface area contributed by atoms with Gasteiger partial charge >= 0.3 is 6.09 Å². The van der Waals surface area contributed by atoms with E-state index in [4.69, 9.17) is 10.00 Å². The lowest BCUT2D eigenvalue weighted by Gasteiger charge is -2.31. The standard InChI is InChI=1S/C22H32N4O3/c1-5-22(2,3)29-21(28)25-19(14-16-6-8-17(15-23)9-7-16)20(27)24-18-10-12-26(4)13-11-18/h6-9,18-19H,5,10-14H2,1-4H3,(H,24,27)(H,25,28)/t19-/m1/s1. The molecule has 1 heterocycles. The Hall–Kier alpha value is -2.59. The minimum atomic E-state index is -0.747. The molecule has 0 spiro atoms. The van der Waals surface area contributed by atoms with Crippen LogP contribution in [0.25, 0.3) is 0 Å². The molecule has 2 amide bonds. The zero-order valence-electron chi connectivity index (χ0n) is 17.8. The number of amides is 2. The van der Waals surface area contributed by atoms with Gasteiger partial charge < -0.3 is 20.3 Å². The summed E-state index contributed by atoms with van der Waals surface area (Å²) in [5.74, 6) is -0.213. The summed E-state index contributed by atoms with van der Waals surface area (Å²) in [7, 11) is 2.07. The van der Waals surface area contributed by atoms with E-state index < -0.39 is 17.7 Å². The van der Waals surface area contributed by atoms with Gasteiger partial charge in [0.2, 0.25) is 5.91 Å². The van der Waals surface area contributed by atoms with E-state index in [9.17, 15) is 9.59 Å². The number of nitriles is 1. The van der Waals surface area contributed by atoms with Gasteiger partial charge in [-0.05, 0) is 70.9 Å². The smallest absolute Gasteiger partial charge is 0.408 e. The maximum Gasteiger partial charge on any atom is 0.408 e. The van der Waals surface area contributed by atoms with Gasteiger partial charge in [-0.1, -0.05) is 19.1 Å². The molecule has 1 aliphatic heterocycles.